The number of phenols is 4. The number of carbonyl (C=O) groups excluding carboxylic acids is 1. The summed E-state index contributed by atoms with van der Waals surface area (Å²) in [5.41, 5.74) is 4.39. The molecule has 2 bridgehead atoms. The van der Waals surface area contributed by atoms with Crippen molar-refractivity contribution in [3.05, 3.63) is 101 Å². The molecule has 4 aromatic rings. The second kappa shape index (κ2) is 16.3. The van der Waals surface area contributed by atoms with E-state index in [1.54, 1.807) is 36.4 Å². The van der Waals surface area contributed by atoms with Crippen molar-refractivity contribution < 1.29 is 39.8 Å². The maximum Gasteiger partial charge on any atom is 0.200 e. The van der Waals surface area contributed by atoms with Gasteiger partial charge in [-0.15, -0.1) is 0 Å². The third kappa shape index (κ3) is 8.39. The Hall–Kier alpha value is -5.35. The van der Waals surface area contributed by atoms with Gasteiger partial charge in [0.15, 0.2) is 23.0 Å². The first-order valence-electron chi connectivity index (χ1n) is 19.1. The molecular weight excluding hydrogens is 684 g/mol. The van der Waals surface area contributed by atoms with Crippen LogP contribution in [0.15, 0.2) is 84.2 Å². The van der Waals surface area contributed by atoms with Gasteiger partial charge in [0.1, 0.15) is 17.4 Å². The average Bonchev–Trinajstić information content (AvgIpc) is 3.18. The van der Waals surface area contributed by atoms with Crippen LogP contribution in [-0.2, 0) is 17.6 Å². The van der Waals surface area contributed by atoms with Crippen LogP contribution < -0.4 is 20.1 Å². The average molecular weight is 735 g/mol. The zero-order chi connectivity index (χ0) is 37.8. The van der Waals surface area contributed by atoms with Gasteiger partial charge in [-0.1, -0.05) is 30.7 Å². The smallest absolute Gasteiger partial charge is 0.200 e. The summed E-state index contributed by atoms with van der Waals surface area (Å²) in [6, 6.07) is 17.7. The van der Waals surface area contributed by atoms with Crippen LogP contribution in [0.4, 0.5) is 5.69 Å². The lowest BCUT2D eigenvalue weighted by atomic mass is 9.80. The molecule has 7 rings (SSSR count). The number of ketones is 1. The van der Waals surface area contributed by atoms with E-state index in [1.807, 2.05) is 30.4 Å². The maximum absolute atomic E-state index is 14.6. The Kier molecular flexibility index (Phi) is 11.2. The lowest BCUT2D eigenvalue weighted by Gasteiger charge is -2.27. The standard InChI is InChI=1S/C44H50N2O8/c1-53-41-20-26(8-16-38(41)49)7-15-37(48)35-19-27-17-18-45-43(21-27)46-36-14-10-29-22-31(47)11-13-33(29)34(36)12-9-28(23-39(35)50)30-24-40(51)44(52)42(25-30)54-32-5-3-2-4-6-32/h8,10-11,13-14,16-17,20-22,24-25,28,32,35,37,45-49,51-52H,2-7,9,12,15,18-19,23H2,1H3. The minimum absolute atomic E-state index is 0.0353. The number of Topliss-reactive ketones (excluding diaryl/α,β-unsaturated/α-hetero) is 1. The quantitative estimate of drug-likeness (QED) is 0.0889. The van der Waals surface area contributed by atoms with Crippen LogP contribution in [0.25, 0.3) is 10.8 Å². The molecule has 10 heteroatoms. The fourth-order valence-electron chi connectivity index (χ4n) is 8.24. The number of aliphatic hydroxyl groups excluding tert-OH is 1. The lowest BCUT2D eigenvalue weighted by molar-refractivity contribution is -0.127. The van der Waals surface area contributed by atoms with E-state index >= 15 is 0 Å². The van der Waals surface area contributed by atoms with Gasteiger partial charge in [0, 0.05) is 24.6 Å². The number of hydrogen-bond acceptors (Lipinski definition) is 10. The lowest BCUT2D eigenvalue weighted by Crippen LogP contribution is -2.31. The number of aliphatic hydroxyl groups is 1. The van der Waals surface area contributed by atoms with E-state index in [1.165, 1.54) is 13.2 Å². The van der Waals surface area contributed by atoms with E-state index in [0.717, 1.165) is 71.1 Å². The van der Waals surface area contributed by atoms with Crippen molar-refractivity contribution in [1.82, 2.24) is 5.32 Å². The van der Waals surface area contributed by atoms with Gasteiger partial charge in [-0.25, -0.2) is 0 Å². The van der Waals surface area contributed by atoms with E-state index in [2.05, 4.69) is 10.6 Å². The number of anilines is 1. The number of rotatable bonds is 8. The van der Waals surface area contributed by atoms with E-state index in [4.69, 9.17) is 9.47 Å². The van der Waals surface area contributed by atoms with Gasteiger partial charge in [0.05, 0.1) is 19.3 Å². The number of phenolic OH excluding ortho intramolecular Hbond substituents is 4. The molecule has 0 aromatic heterocycles. The SMILES string of the molecule is COc1cc(CCC(O)C2CC3=CCNC(=C3)Nc3ccc4cc(O)ccc4c3CCC(c3cc(O)c(O)c(OC4CCCCC4)c3)CC2=O)ccc1O. The van der Waals surface area contributed by atoms with Crippen LogP contribution in [0.5, 0.6) is 34.5 Å². The fraction of sp³-hybridized carbons (Fsp3) is 0.386. The predicted octanol–water partition coefficient (Wildman–Crippen LogP) is 7.85. The number of methoxy groups -OCH3 is 1. The number of fused-ring (bicyclic) bond motifs is 4. The van der Waals surface area contributed by atoms with E-state index < -0.39 is 17.9 Å². The van der Waals surface area contributed by atoms with E-state index in [9.17, 15) is 30.3 Å². The van der Waals surface area contributed by atoms with Crippen molar-refractivity contribution in [2.45, 2.75) is 88.8 Å². The summed E-state index contributed by atoms with van der Waals surface area (Å²) in [6.07, 6.45) is 10.3. The topological polar surface area (TPSA) is 161 Å². The van der Waals surface area contributed by atoms with Crippen molar-refractivity contribution in [3.8, 4) is 34.5 Å². The summed E-state index contributed by atoms with van der Waals surface area (Å²) >= 11 is 0. The van der Waals surface area contributed by atoms with Crippen molar-refractivity contribution in [2.75, 3.05) is 19.0 Å². The molecule has 54 heavy (non-hydrogen) atoms. The summed E-state index contributed by atoms with van der Waals surface area (Å²) in [7, 11) is 1.49. The van der Waals surface area contributed by atoms with Crippen molar-refractivity contribution >= 4 is 22.2 Å². The highest BCUT2D eigenvalue weighted by atomic mass is 16.5. The highest BCUT2D eigenvalue weighted by Crippen LogP contribution is 2.43. The number of allylic oxidation sites excluding steroid dienone is 2. The van der Waals surface area contributed by atoms with Gasteiger partial charge in [-0.05, 0) is 145 Å². The first-order chi connectivity index (χ1) is 26.1. The molecule has 0 spiro atoms. The Morgan fingerprint density at radius 1 is 0.870 bits per heavy atom. The Bertz CT molecular complexity index is 2070. The molecule has 2 aliphatic heterocycles. The van der Waals surface area contributed by atoms with Gasteiger partial charge in [-0.3, -0.25) is 4.79 Å². The highest BCUT2D eigenvalue weighted by Gasteiger charge is 2.32. The number of benzene rings is 4. The molecule has 10 nitrogen and oxygen atoms in total. The molecule has 3 atom stereocenters. The monoisotopic (exact) mass is 734 g/mol. The molecule has 4 aromatic carbocycles. The maximum atomic E-state index is 14.6. The van der Waals surface area contributed by atoms with Crippen molar-refractivity contribution in [3.63, 3.8) is 0 Å². The molecule has 0 amide bonds. The third-order valence-corrected chi connectivity index (χ3v) is 11.3. The van der Waals surface area contributed by atoms with Crippen molar-refractivity contribution in [1.29, 1.82) is 0 Å². The van der Waals surface area contributed by atoms with Crippen LogP contribution in [0.2, 0.25) is 0 Å². The molecule has 2 heterocycles. The molecule has 3 aliphatic rings. The zero-order valence-electron chi connectivity index (χ0n) is 30.7. The fourth-order valence-corrected chi connectivity index (χ4v) is 8.24. The van der Waals surface area contributed by atoms with Gasteiger partial charge in [-0.2, -0.15) is 0 Å². The minimum Gasteiger partial charge on any atom is -0.508 e. The van der Waals surface area contributed by atoms with Crippen LogP contribution in [0.3, 0.4) is 0 Å². The zero-order valence-corrected chi connectivity index (χ0v) is 30.7. The molecule has 0 saturated heterocycles. The van der Waals surface area contributed by atoms with Crippen LogP contribution in [-0.4, -0.2) is 57.2 Å². The number of carbonyl (C=O) groups is 1. The molecule has 3 unspecified atom stereocenters. The summed E-state index contributed by atoms with van der Waals surface area (Å²) < 4.78 is 11.6. The van der Waals surface area contributed by atoms with Crippen molar-refractivity contribution in [2.24, 2.45) is 5.92 Å². The summed E-state index contributed by atoms with van der Waals surface area (Å²) in [5, 5.41) is 63.0. The summed E-state index contributed by atoms with van der Waals surface area (Å²) in [5.74, 6) is -0.248. The molecule has 1 fully saturated rings. The molecule has 0 radical (unpaired) electrons. The first kappa shape index (κ1) is 37.0. The highest BCUT2D eigenvalue weighted by molar-refractivity contribution is 5.91. The number of nitrogens with one attached hydrogen (secondary N) is 2. The Morgan fingerprint density at radius 2 is 1.70 bits per heavy atom. The van der Waals surface area contributed by atoms with Crippen LogP contribution in [0.1, 0.15) is 80.4 Å². The first-order valence-corrected chi connectivity index (χ1v) is 19.1. The second-order valence-electron chi connectivity index (χ2n) is 14.9. The van der Waals surface area contributed by atoms with Crippen LogP contribution in [0, 0.1) is 5.92 Å². The number of aryl methyl sites for hydroxylation is 2. The van der Waals surface area contributed by atoms with E-state index in [-0.39, 0.29) is 47.1 Å². The van der Waals surface area contributed by atoms with E-state index in [0.29, 0.717) is 50.0 Å². The molecular formula is C44H50N2O8. The molecule has 1 saturated carbocycles. The second-order valence-corrected chi connectivity index (χ2v) is 14.9. The summed E-state index contributed by atoms with van der Waals surface area (Å²) in [4.78, 5) is 14.6. The molecule has 284 valence electrons. The summed E-state index contributed by atoms with van der Waals surface area (Å²) in [6.45, 7) is 0.550. The number of aromatic hydroxyl groups is 4. The van der Waals surface area contributed by atoms with Crippen LogP contribution >= 0.6 is 0 Å². The predicted molar refractivity (Wildman–Crippen MR) is 208 cm³/mol. The molecule has 7 N–H and O–H groups in total. The molecule has 1 aliphatic carbocycles. The Labute approximate surface area is 315 Å². The Balaban J connectivity index is 1.26. The number of dihydropyridines is 1. The number of hydrogen-bond donors (Lipinski definition) is 7. The normalized spacial score (nSPS) is 20.1. The largest absolute Gasteiger partial charge is 0.508 e. The minimum atomic E-state index is -0.962. The van der Waals surface area contributed by atoms with Gasteiger partial charge < -0.3 is 45.6 Å². The third-order valence-electron chi connectivity index (χ3n) is 11.3. The van der Waals surface area contributed by atoms with Gasteiger partial charge >= 0.3 is 0 Å². The van der Waals surface area contributed by atoms with Gasteiger partial charge in [0.2, 0.25) is 5.75 Å². The Morgan fingerprint density at radius 3 is 2.52 bits per heavy atom. The van der Waals surface area contributed by atoms with Gasteiger partial charge in [0.25, 0.3) is 0 Å². The number of ether oxygens (including phenoxy) is 2.